The molecule has 0 radical (unpaired) electrons. The highest BCUT2D eigenvalue weighted by Gasteiger charge is 2.24. The molecule has 35 heavy (non-hydrogen) atoms. The molecule has 0 saturated carbocycles. The van der Waals surface area contributed by atoms with Gasteiger partial charge in [0, 0.05) is 25.4 Å². The summed E-state index contributed by atoms with van der Waals surface area (Å²) < 4.78 is 35.8. The zero-order valence-corrected chi connectivity index (χ0v) is 21.8. The van der Waals surface area contributed by atoms with Gasteiger partial charge in [-0.25, -0.2) is 13.4 Å². The molecule has 0 spiro atoms. The molecule has 1 aliphatic rings. The molecule has 1 atom stereocenters. The van der Waals surface area contributed by atoms with Crippen molar-refractivity contribution in [2.45, 2.75) is 55.1 Å². The van der Waals surface area contributed by atoms with E-state index in [1.807, 2.05) is 19.9 Å². The normalized spacial score (nSPS) is 16.6. The number of rotatable bonds is 9. The summed E-state index contributed by atoms with van der Waals surface area (Å²) in [5, 5.41) is 3.35. The number of sulfonamides is 1. The first kappa shape index (κ1) is 24.3. The van der Waals surface area contributed by atoms with Crippen LogP contribution in [0.15, 0.2) is 70.7 Å². The smallest absolute Gasteiger partial charge is 0.243 e. The Hall–Kier alpha value is -2.39. The number of imidazole rings is 1. The van der Waals surface area contributed by atoms with Gasteiger partial charge in [-0.1, -0.05) is 68.1 Å². The van der Waals surface area contributed by atoms with E-state index in [0.717, 1.165) is 42.4 Å². The molecule has 5 rings (SSSR count). The quantitative estimate of drug-likeness (QED) is 0.271. The van der Waals surface area contributed by atoms with Crippen LogP contribution in [-0.4, -0.2) is 48.1 Å². The Morgan fingerprint density at radius 3 is 2.60 bits per heavy atom. The standard InChI is InChI=1S/C27H31N3O3S2/c1-3-29(4-2)35(31,32)24-13-14-26-25(17-24)28-27(30(26)18-23-10-7-15-33-23)34-19-20-11-12-21-8-5-6-9-22(21)16-20/h5-6,8-9,11-14,16-17,23H,3-4,7,10,15,18-19H2,1-2H3/t23-/m0/s1. The predicted octanol–water partition coefficient (Wildman–Crippen LogP) is 5.69. The van der Waals surface area contributed by atoms with Gasteiger partial charge in [0.15, 0.2) is 5.16 Å². The van der Waals surface area contributed by atoms with Crippen LogP contribution in [0.5, 0.6) is 0 Å². The van der Waals surface area contributed by atoms with Crippen molar-refractivity contribution in [3.8, 4) is 0 Å². The van der Waals surface area contributed by atoms with Crippen molar-refractivity contribution in [2.24, 2.45) is 0 Å². The van der Waals surface area contributed by atoms with Gasteiger partial charge in [0.05, 0.1) is 28.6 Å². The molecule has 0 amide bonds. The molecule has 3 aromatic carbocycles. The Labute approximate surface area is 211 Å². The monoisotopic (exact) mass is 509 g/mol. The average Bonchev–Trinajstić information content (AvgIpc) is 3.51. The van der Waals surface area contributed by atoms with E-state index in [0.29, 0.717) is 23.5 Å². The van der Waals surface area contributed by atoms with E-state index in [9.17, 15) is 8.42 Å². The fourth-order valence-corrected chi connectivity index (χ4v) is 7.16. The number of nitrogens with zero attached hydrogens (tertiary/aromatic N) is 3. The first-order valence-corrected chi connectivity index (χ1v) is 14.6. The minimum Gasteiger partial charge on any atom is -0.376 e. The van der Waals surface area contributed by atoms with Crippen molar-refractivity contribution in [1.82, 2.24) is 13.9 Å². The van der Waals surface area contributed by atoms with E-state index in [1.165, 1.54) is 20.6 Å². The largest absolute Gasteiger partial charge is 0.376 e. The third kappa shape index (κ3) is 4.98. The van der Waals surface area contributed by atoms with Gasteiger partial charge in [-0.15, -0.1) is 0 Å². The van der Waals surface area contributed by atoms with Crippen LogP contribution in [0, 0.1) is 0 Å². The van der Waals surface area contributed by atoms with E-state index >= 15 is 0 Å². The van der Waals surface area contributed by atoms with Gasteiger partial charge in [-0.2, -0.15) is 4.31 Å². The molecule has 184 valence electrons. The zero-order chi connectivity index (χ0) is 24.4. The predicted molar refractivity (Wildman–Crippen MR) is 142 cm³/mol. The molecular formula is C27H31N3O3S2. The third-order valence-corrected chi connectivity index (χ3v) is 9.71. The van der Waals surface area contributed by atoms with Crippen molar-refractivity contribution in [1.29, 1.82) is 0 Å². The van der Waals surface area contributed by atoms with Gasteiger partial charge in [-0.05, 0) is 47.4 Å². The molecule has 0 aliphatic carbocycles. The lowest BCUT2D eigenvalue weighted by Gasteiger charge is -2.18. The summed E-state index contributed by atoms with van der Waals surface area (Å²) in [6.07, 6.45) is 2.26. The molecule has 1 aromatic heterocycles. The van der Waals surface area contributed by atoms with Crippen molar-refractivity contribution in [3.63, 3.8) is 0 Å². The highest BCUT2D eigenvalue weighted by atomic mass is 32.2. The van der Waals surface area contributed by atoms with Crippen LogP contribution in [0.4, 0.5) is 0 Å². The highest BCUT2D eigenvalue weighted by molar-refractivity contribution is 7.98. The maximum absolute atomic E-state index is 13.1. The average molecular weight is 510 g/mol. The Morgan fingerprint density at radius 1 is 1.06 bits per heavy atom. The van der Waals surface area contributed by atoms with Crippen LogP contribution < -0.4 is 0 Å². The summed E-state index contributed by atoms with van der Waals surface area (Å²) in [6.45, 7) is 6.12. The minimum atomic E-state index is -3.54. The lowest BCUT2D eigenvalue weighted by atomic mass is 10.1. The topological polar surface area (TPSA) is 64.4 Å². The summed E-state index contributed by atoms with van der Waals surface area (Å²) in [6, 6.07) is 20.2. The van der Waals surface area contributed by atoms with Crippen LogP contribution in [-0.2, 0) is 27.1 Å². The van der Waals surface area contributed by atoms with Crippen LogP contribution in [0.1, 0.15) is 32.3 Å². The number of fused-ring (bicyclic) bond motifs is 2. The number of aromatic nitrogens is 2. The molecule has 8 heteroatoms. The fraction of sp³-hybridized carbons (Fsp3) is 0.370. The molecule has 0 bridgehead atoms. The maximum atomic E-state index is 13.1. The molecule has 0 unspecified atom stereocenters. The van der Waals surface area contributed by atoms with Crippen LogP contribution in [0.2, 0.25) is 0 Å². The van der Waals surface area contributed by atoms with Gasteiger partial charge >= 0.3 is 0 Å². The van der Waals surface area contributed by atoms with Crippen molar-refractivity contribution >= 4 is 43.6 Å². The van der Waals surface area contributed by atoms with Gasteiger partial charge in [0.1, 0.15) is 0 Å². The number of hydrogen-bond acceptors (Lipinski definition) is 5. The number of thioether (sulfide) groups is 1. The molecule has 1 aliphatic heterocycles. The molecule has 2 heterocycles. The molecule has 4 aromatic rings. The fourth-order valence-electron chi connectivity index (χ4n) is 4.72. The lowest BCUT2D eigenvalue weighted by Crippen LogP contribution is -2.30. The van der Waals surface area contributed by atoms with Crippen molar-refractivity contribution in [2.75, 3.05) is 19.7 Å². The third-order valence-electron chi connectivity index (χ3n) is 6.62. The van der Waals surface area contributed by atoms with E-state index < -0.39 is 10.0 Å². The zero-order valence-electron chi connectivity index (χ0n) is 20.2. The Morgan fingerprint density at radius 2 is 1.86 bits per heavy atom. The number of hydrogen-bond donors (Lipinski definition) is 0. The second kappa shape index (κ2) is 10.3. The summed E-state index contributed by atoms with van der Waals surface area (Å²) >= 11 is 1.68. The molecule has 1 saturated heterocycles. The maximum Gasteiger partial charge on any atom is 0.243 e. The van der Waals surface area contributed by atoms with E-state index in [4.69, 9.17) is 9.72 Å². The van der Waals surface area contributed by atoms with Crippen molar-refractivity contribution in [3.05, 3.63) is 66.2 Å². The summed E-state index contributed by atoms with van der Waals surface area (Å²) in [7, 11) is -3.54. The summed E-state index contributed by atoms with van der Waals surface area (Å²) in [5.41, 5.74) is 2.88. The molecular weight excluding hydrogens is 478 g/mol. The first-order valence-electron chi connectivity index (χ1n) is 12.2. The molecule has 1 fully saturated rings. The lowest BCUT2D eigenvalue weighted by molar-refractivity contribution is 0.0960. The van der Waals surface area contributed by atoms with Crippen LogP contribution in [0.3, 0.4) is 0 Å². The van der Waals surface area contributed by atoms with Crippen molar-refractivity contribution < 1.29 is 13.2 Å². The summed E-state index contributed by atoms with van der Waals surface area (Å²) in [4.78, 5) is 5.20. The second-order valence-corrected chi connectivity index (χ2v) is 11.7. The second-order valence-electron chi connectivity index (χ2n) is 8.85. The van der Waals surface area contributed by atoms with Gasteiger partial charge < -0.3 is 9.30 Å². The van der Waals surface area contributed by atoms with E-state index in [2.05, 4.69) is 47.0 Å². The number of benzene rings is 3. The van der Waals surface area contributed by atoms with E-state index in [-0.39, 0.29) is 6.10 Å². The summed E-state index contributed by atoms with van der Waals surface area (Å²) in [5.74, 6) is 0.782. The van der Waals surface area contributed by atoms with Gasteiger partial charge in [0.25, 0.3) is 0 Å². The highest BCUT2D eigenvalue weighted by Crippen LogP contribution is 2.31. The van der Waals surface area contributed by atoms with Gasteiger partial charge in [0.2, 0.25) is 10.0 Å². The number of ether oxygens (including phenoxy) is 1. The van der Waals surface area contributed by atoms with Gasteiger partial charge in [-0.3, -0.25) is 0 Å². The Bertz CT molecular complexity index is 1440. The molecule has 6 nitrogen and oxygen atoms in total. The minimum absolute atomic E-state index is 0.159. The molecule has 0 N–H and O–H groups in total. The van der Waals surface area contributed by atoms with Crippen LogP contribution >= 0.6 is 11.8 Å². The Balaban J connectivity index is 1.48. The van der Waals surface area contributed by atoms with Crippen LogP contribution in [0.25, 0.3) is 21.8 Å². The first-order chi connectivity index (χ1) is 17.0. The van der Waals surface area contributed by atoms with E-state index in [1.54, 1.807) is 23.9 Å². The SMILES string of the molecule is CCN(CC)S(=O)(=O)c1ccc2c(c1)nc(SCc1ccc3ccccc3c1)n2C[C@@H]1CCCO1. The Kier molecular flexibility index (Phi) is 7.16.